The van der Waals surface area contributed by atoms with Crippen LogP contribution in [0.25, 0.3) is 21.8 Å². The zero-order valence-electron chi connectivity index (χ0n) is 24.8. The molecule has 2 unspecified atom stereocenters. The second kappa shape index (κ2) is 15.0. The van der Waals surface area contributed by atoms with Crippen LogP contribution in [0.4, 0.5) is 0 Å². The number of thiophene rings is 2. The molecule has 0 saturated carbocycles. The van der Waals surface area contributed by atoms with E-state index < -0.39 is 0 Å². The number of unbranched alkanes of at least 4 members (excludes halogenated alkanes) is 3. The summed E-state index contributed by atoms with van der Waals surface area (Å²) in [6, 6.07) is 23.8. The van der Waals surface area contributed by atoms with Crippen LogP contribution < -0.4 is 5.43 Å². The Hall–Kier alpha value is -2.69. The molecule has 41 heavy (non-hydrogen) atoms. The Kier molecular flexibility index (Phi) is 10.9. The van der Waals surface area contributed by atoms with Gasteiger partial charge in [0, 0.05) is 27.1 Å². The molecular formula is C37H45NOS2. The van der Waals surface area contributed by atoms with Gasteiger partial charge in [0.2, 0.25) is 0 Å². The van der Waals surface area contributed by atoms with Crippen LogP contribution in [-0.4, -0.2) is 4.57 Å². The molecule has 0 aliphatic rings. The van der Waals surface area contributed by atoms with E-state index in [1.54, 1.807) is 4.88 Å². The lowest BCUT2D eigenvalue weighted by Crippen LogP contribution is -2.14. The van der Waals surface area contributed by atoms with Crippen molar-refractivity contribution in [3.8, 4) is 0 Å². The van der Waals surface area contributed by atoms with Gasteiger partial charge in [-0.3, -0.25) is 4.79 Å². The number of aryl methyl sites for hydroxylation is 2. The van der Waals surface area contributed by atoms with Crippen LogP contribution in [0.2, 0.25) is 0 Å². The molecule has 0 amide bonds. The average Bonchev–Trinajstić information content (AvgIpc) is 3.73. The zero-order chi connectivity index (χ0) is 28.4. The van der Waals surface area contributed by atoms with E-state index in [2.05, 4.69) is 83.8 Å². The Balaban J connectivity index is 1.38. The summed E-state index contributed by atoms with van der Waals surface area (Å²) in [7, 11) is 0. The molecule has 0 aliphatic heterocycles. The van der Waals surface area contributed by atoms with E-state index >= 15 is 0 Å². The highest BCUT2D eigenvalue weighted by atomic mass is 32.1. The molecule has 0 fully saturated rings. The van der Waals surface area contributed by atoms with E-state index in [4.69, 9.17) is 0 Å². The maximum Gasteiger partial charge on any atom is 0.197 e. The molecule has 2 atom stereocenters. The predicted octanol–water partition coefficient (Wildman–Crippen LogP) is 11.3. The number of pyridine rings is 1. The van der Waals surface area contributed by atoms with Gasteiger partial charge in [0.1, 0.15) is 0 Å². The molecule has 3 heterocycles. The fourth-order valence-corrected chi connectivity index (χ4v) is 8.38. The third kappa shape index (κ3) is 7.21. The van der Waals surface area contributed by atoms with Crippen LogP contribution >= 0.6 is 22.7 Å². The molecule has 216 valence electrons. The SMILES string of the molecule is CCCCCCn1c2ccccc2c(=O)c2c(CCC(CCCC(CCC)c3cccs3)c3cccs3)cccc21. The molecule has 2 nitrogen and oxygen atoms in total. The Morgan fingerprint density at radius 1 is 0.659 bits per heavy atom. The first kappa shape index (κ1) is 29.8. The van der Waals surface area contributed by atoms with E-state index in [1.807, 2.05) is 34.8 Å². The standard InChI is InChI=1S/C37H45NOS2/c1-3-5-6-9-25-38-32-19-8-7-18-31(32)37(39)36-30(17-11-20-33(36)38)24-23-29(35-22-13-27-41-35)16-10-15-28(14-4-2)34-21-12-26-40-34/h7-8,11-13,17-22,26-29H,3-6,9-10,14-16,23-25H2,1-2H3. The van der Waals surface area contributed by atoms with E-state index in [0.717, 1.165) is 47.6 Å². The smallest absolute Gasteiger partial charge is 0.197 e. The Labute approximate surface area is 254 Å². The van der Waals surface area contributed by atoms with Gasteiger partial charge in [-0.2, -0.15) is 0 Å². The van der Waals surface area contributed by atoms with Crippen molar-refractivity contribution in [2.45, 2.75) is 103 Å². The number of benzene rings is 2. The summed E-state index contributed by atoms with van der Waals surface area (Å²) in [5.74, 6) is 1.22. The Bertz CT molecular complexity index is 1550. The van der Waals surface area contributed by atoms with Crippen molar-refractivity contribution in [1.29, 1.82) is 0 Å². The number of aromatic nitrogens is 1. The average molecular weight is 584 g/mol. The van der Waals surface area contributed by atoms with Crippen LogP contribution in [0.3, 0.4) is 0 Å². The monoisotopic (exact) mass is 583 g/mol. The van der Waals surface area contributed by atoms with Crippen molar-refractivity contribution in [1.82, 2.24) is 4.57 Å². The van der Waals surface area contributed by atoms with Gasteiger partial charge in [0.25, 0.3) is 0 Å². The van der Waals surface area contributed by atoms with Crippen LogP contribution in [0, 0.1) is 0 Å². The molecule has 0 radical (unpaired) electrons. The molecule has 2 aromatic carbocycles. The summed E-state index contributed by atoms with van der Waals surface area (Å²) in [5, 5.41) is 6.23. The van der Waals surface area contributed by atoms with Gasteiger partial charge in [-0.05, 0) is 97.0 Å². The molecule has 5 rings (SSSR count). The van der Waals surface area contributed by atoms with Gasteiger partial charge in [0.15, 0.2) is 5.43 Å². The van der Waals surface area contributed by atoms with Gasteiger partial charge in [0.05, 0.1) is 11.0 Å². The fourth-order valence-electron chi connectivity index (χ4n) is 6.58. The molecule has 0 N–H and O–H groups in total. The van der Waals surface area contributed by atoms with Gasteiger partial charge in [-0.25, -0.2) is 0 Å². The highest BCUT2D eigenvalue weighted by Gasteiger charge is 2.19. The summed E-state index contributed by atoms with van der Waals surface area (Å²) < 4.78 is 2.42. The highest BCUT2D eigenvalue weighted by Crippen LogP contribution is 2.35. The zero-order valence-corrected chi connectivity index (χ0v) is 26.5. The lowest BCUT2D eigenvalue weighted by atomic mass is 9.88. The first-order valence-electron chi connectivity index (χ1n) is 15.8. The van der Waals surface area contributed by atoms with Crippen molar-refractivity contribution >= 4 is 44.5 Å². The maximum atomic E-state index is 13.9. The minimum absolute atomic E-state index is 0.196. The van der Waals surface area contributed by atoms with Crippen molar-refractivity contribution in [2.24, 2.45) is 0 Å². The van der Waals surface area contributed by atoms with E-state index in [9.17, 15) is 4.79 Å². The third-order valence-corrected chi connectivity index (χ3v) is 10.8. The summed E-state index contributed by atoms with van der Waals surface area (Å²) in [5.41, 5.74) is 3.59. The van der Waals surface area contributed by atoms with Gasteiger partial charge in [-0.15, -0.1) is 22.7 Å². The Morgan fingerprint density at radius 3 is 2.05 bits per heavy atom. The minimum atomic E-state index is 0.196. The first-order valence-corrected chi connectivity index (χ1v) is 17.6. The normalized spacial score (nSPS) is 13.2. The quantitative estimate of drug-likeness (QED) is 0.0836. The second-order valence-electron chi connectivity index (χ2n) is 11.6. The van der Waals surface area contributed by atoms with Crippen LogP contribution in [0.5, 0.6) is 0 Å². The molecule has 0 bridgehead atoms. The molecule has 5 aromatic rings. The first-order chi connectivity index (χ1) is 20.2. The molecule has 0 saturated heterocycles. The van der Waals surface area contributed by atoms with Crippen LogP contribution in [-0.2, 0) is 13.0 Å². The summed E-state index contributed by atoms with van der Waals surface area (Å²) >= 11 is 3.81. The second-order valence-corrected chi connectivity index (χ2v) is 13.5. The van der Waals surface area contributed by atoms with Gasteiger partial charge < -0.3 is 4.57 Å². The maximum absolute atomic E-state index is 13.9. The number of nitrogens with zero attached hydrogens (tertiary/aromatic N) is 1. The summed E-state index contributed by atoms with van der Waals surface area (Å²) in [4.78, 5) is 17.0. The molecule has 4 heteroatoms. The van der Waals surface area contributed by atoms with Crippen LogP contribution in [0.15, 0.2) is 82.3 Å². The lowest BCUT2D eigenvalue weighted by Gasteiger charge is -2.20. The topological polar surface area (TPSA) is 22.0 Å². The minimum Gasteiger partial charge on any atom is -0.340 e. The van der Waals surface area contributed by atoms with Crippen LogP contribution in [0.1, 0.15) is 105 Å². The number of fused-ring (bicyclic) bond motifs is 2. The highest BCUT2D eigenvalue weighted by molar-refractivity contribution is 7.10. The third-order valence-electron chi connectivity index (χ3n) is 8.72. The molecule has 0 aliphatic carbocycles. The Morgan fingerprint density at radius 2 is 1.37 bits per heavy atom. The van der Waals surface area contributed by atoms with Crippen molar-refractivity contribution in [3.63, 3.8) is 0 Å². The van der Waals surface area contributed by atoms with Crippen molar-refractivity contribution < 1.29 is 0 Å². The summed E-state index contributed by atoms with van der Waals surface area (Å²) in [6.45, 7) is 5.52. The number of para-hydroxylation sites is 1. The summed E-state index contributed by atoms with van der Waals surface area (Å²) in [6.07, 6.45) is 13.1. The number of hydrogen-bond acceptors (Lipinski definition) is 3. The number of rotatable bonds is 16. The molecular weight excluding hydrogens is 539 g/mol. The molecule has 0 spiro atoms. The van der Waals surface area contributed by atoms with E-state index in [1.165, 1.54) is 61.8 Å². The van der Waals surface area contributed by atoms with Gasteiger partial charge in [-0.1, -0.05) is 82.3 Å². The molecule has 3 aromatic heterocycles. The van der Waals surface area contributed by atoms with E-state index in [-0.39, 0.29) is 5.43 Å². The number of hydrogen-bond donors (Lipinski definition) is 0. The fraction of sp³-hybridized carbons (Fsp3) is 0.432. The van der Waals surface area contributed by atoms with E-state index in [0.29, 0.717) is 11.8 Å². The lowest BCUT2D eigenvalue weighted by molar-refractivity contribution is 0.493. The largest absolute Gasteiger partial charge is 0.340 e. The van der Waals surface area contributed by atoms with Crippen molar-refractivity contribution in [3.05, 3.63) is 103 Å². The predicted molar refractivity (Wildman–Crippen MR) is 181 cm³/mol. The van der Waals surface area contributed by atoms with Crippen molar-refractivity contribution in [2.75, 3.05) is 0 Å². The van der Waals surface area contributed by atoms with Gasteiger partial charge >= 0.3 is 0 Å².